The molecule has 2 aliphatic heterocycles. The molecule has 0 radical (unpaired) electrons. The van der Waals surface area contributed by atoms with Crippen LogP contribution in [0.1, 0.15) is 63.2 Å². The highest BCUT2D eigenvalue weighted by molar-refractivity contribution is 7.88. The first kappa shape index (κ1) is 25.0. The lowest BCUT2D eigenvalue weighted by Gasteiger charge is -2.19. The van der Waals surface area contributed by atoms with Crippen molar-refractivity contribution in [1.82, 2.24) is 4.90 Å². The van der Waals surface area contributed by atoms with Crippen LogP contribution in [-0.4, -0.2) is 43.9 Å². The van der Waals surface area contributed by atoms with E-state index < -0.39 is 50.7 Å². The molecule has 0 aromatic heterocycles. The van der Waals surface area contributed by atoms with Crippen LogP contribution in [-0.2, 0) is 27.7 Å². The minimum atomic E-state index is -6.20. The first-order valence-corrected chi connectivity index (χ1v) is 12.3. The Balaban J connectivity index is 1.89. The molecule has 0 bridgehead atoms. The van der Waals surface area contributed by atoms with Gasteiger partial charge in [-0.05, 0) is 61.4 Å². The monoisotopic (exact) mass is 515 g/mol. The number of halogens is 4. The molecule has 188 valence electrons. The lowest BCUT2D eigenvalue weighted by atomic mass is 9.91. The number of alkyl halides is 3. The van der Waals surface area contributed by atoms with Crippen molar-refractivity contribution in [2.75, 3.05) is 13.2 Å². The van der Waals surface area contributed by atoms with Gasteiger partial charge in [-0.1, -0.05) is 18.2 Å². The third-order valence-corrected chi connectivity index (χ3v) is 6.99. The number of carbonyl (C=O) groups is 2. The minimum absolute atomic E-state index is 0.0659. The fourth-order valence-corrected chi connectivity index (χ4v) is 4.97. The molecule has 2 aromatic rings. The Morgan fingerprint density at radius 3 is 2.49 bits per heavy atom. The van der Waals surface area contributed by atoms with Gasteiger partial charge in [-0.25, -0.2) is 9.18 Å². The Bertz CT molecular complexity index is 1270. The summed E-state index contributed by atoms with van der Waals surface area (Å²) in [5.74, 6) is -3.24. The molecule has 0 spiro atoms. The Morgan fingerprint density at radius 2 is 1.86 bits per heavy atom. The van der Waals surface area contributed by atoms with E-state index in [2.05, 4.69) is 4.18 Å². The summed E-state index contributed by atoms with van der Waals surface area (Å²) in [5, 5.41) is 0. The maximum Gasteiger partial charge on any atom is 0.534 e. The van der Waals surface area contributed by atoms with Gasteiger partial charge in [0.05, 0.1) is 18.2 Å². The quantitative estimate of drug-likeness (QED) is 0.236. The predicted molar refractivity (Wildman–Crippen MR) is 115 cm³/mol. The average molecular weight is 515 g/mol. The summed E-state index contributed by atoms with van der Waals surface area (Å²) < 4.78 is 86.4. The van der Waals surface area contributed by atoms with E-state index in [1.807, 2.05) is 0 Å². The van der Waals surface area contributed by atoms with Gasteiger partial charge in [0.1, 0.15) is 11.4 Å². The molecule has 4 rings (SSSR count). The first-order chi connectivity index (χ1) is 16.4. The number of hydrogen-bond donors (Lipinski definition) is 0. The molecule has 12 heteroatoms. The molecule has 1 amide bonds. The molecule has 1 atom stereocenters. The van der Waals surface area contributed by atoms with Crippen LogP contribution in [0.15, 0.2) is 30.3 Å². The molecule has 1 fully saturated rings. The Kier molecular flexibility index (Phi) is 6.52. The highest BCUT2D eigenvalue weighted by atomic mass is 32.2. The van der Waals surface area contributed by atoms with Gasteiger partial charge in [0.2, 0.25) is 0 Å². The summed E-state index contributed by atoms with van der Waals surface area (Å²) in [4.78, 5) is 27.4. The fourth-order valence-electron chi connectivity index (χ4n) is 4.49. The standard InChI is InChI=1S/C23H21F4NO6S/c1-2-33-22(30)18-14(8-5-13-6-9-15(24)10-7-13)12-16-17-4-3-11-28(17)21(29)19(16)20(18)34-35(31,32)23(25,26)27/h6-7,9-10,12,17H,2-5,8,11H2,1H3/t17-/m0/s1. The van der Waals surface area contributed by atoms with Gasteiger partial charge >= 0.3 is 21.6 Å². The second-order valence-electron chi connectivity index (χ2n) is 8.19. The molecule has 0 N–H and O–H groups in total. The van der Waals surface area contributed by atoms with Crippen molar-refractivity contribution in [2.45, 2.75) is 44.2 Å². The zero-order valence-corrected chi connectivity index (χ0v) is 19.3. The highest BCUT2D eigenvalue weighted by Crippen LogP contribution is 2.48. The van der Waals surface area contributed by atoms with Gasteiger partial charge in [0, 0.05) is 6.54 Å². The number of aryl methyl sites for hydroxylation is 2. The molecular weight excluding hydrogens is 494 g/mol. The zero-order valence-electron chi connectivity index (χ0n) is 18.5. The average Bonchev–Trinajstić information content (AvgIpc) is 3.35. The molecular formula is C23H21F4NO6S. The van der Waals surface area contributed by atoms with Crippen LogP contribution in [0.4, 0.5) is 17.6 Å². The Morgan fingerprint density at radius 1 is 1.17 bits per heavy atom. The maximum atomic E-state index is 13.3. The topological polar surface area (TPSA) is 90.0 Å². The summed E-state index contributed by atoms with van der Waals surface area (Å²) in [6.45, 7) is 1.66. The second-order valence-corrected chi connectivity index (χ2v) is 9.73. The minimum Gasteiger partial charge on any atom is -0.462 e. The van der Waals surface area contributed by atoms with Crippen LogP contribution >= 0.6 is 0 Å². The summed E-state index contributed by atoms with van der Waals surface area (Å²) in [6.07, 6.45) is 1.51. The maximum absolute atomic E-state index is 13.3. The highest BCUT2D eigenvalue weighted by Gasteiger charge is 2.51. The van der Waals surface area contributed by atoms with Crippen LogP contribution in [0.3, 0.4) is 0 Å². The molecule has 7 nitrogen and oxygen atoms in total. The molecule has 2 aromatic carbocycles. The van der Waals surface area contributed by atoms with Gasteiger partial charge in [-0.15, -0.1) is 0 Å². The molecule has 0 aliphatic carbocycles. The summed E-state index contributed by atoms with van der Waals surface area (Å²) in [7, 11) is -6.20. The molecule has 2 aliphatic rings. The Hall–Kier alpha value is -3.15. The number of hydrogen-bond acceptors (Lipinski definition) is 6. The van der Waals surface area contributed by atoms with Crippen molar-refractivity contribution in [3.05, 3.63) is 64.0 Å². The lowest BCUT2D eigenvalue weighted by Crippen LogP contribution is -2.30. The number of carbonyl (C=O) groups excluding carboxylic acids is 2. The van der Waals surface area contributed by atoms with Crippen molar-refractivity contribution in [2.24, 2.45) is 0 Å². The van der Waals surface area contributed by atoms with Crippen molar-refractivity contribution >= 4 is 22.0 Å². The van der Waals surface area contributed by atoms with Gasteiger partial charge in [0.15, 0.2) is 5.75 Å². The van der Waals surface area contributed by atoms with E-state index in [9.17, 15) is 35.6 Å². The molecule has 0 unspecified atom stereocenters. The second kappa shape index (κ2) is 9.14. The third kappa shape index (κ3) is 4.58. The summed E-state index contributed by atoms with van der Waals surface area (Å²) >= 11 is 0. The zero-order chi connectivity index (χ0) is 25.5. The number of amides is 1. The van der Waals surface area contributed by atoms with Crippen molar-refractivity contribution in [3.63, 3.8) is 0 Å². The van der Waals surface area contributed by atoms with Crippen LogP contribution in [0.5, 0.6) is 5.75 Å². The van der Waals surface area contributed by atoms with Crippen molar-refractivity contribution in [1.29, 1.82) is 0 Å². The smallest absolute Gasteiger partial charge is 0.462 e. The molecule has 0 saturated carbocycles. The van der Waals surface area contributed by atoms with Gasteiger partial charge in [-0.2, -0.15) is 21.6 Å². The van der Waals surface area contributed by atoms with E-state index >= 15 is 0 Å². The molecule has 1 saturated heterocycles. The van der Waals surface area contributed by atoms with Gasteiger partial charge in [-0.3, -0.25) is 4.79 Å². The third-order valence-electron chi connectivity index (χ3n) is 6.03. The number of ether oxygens (including phenoxy) is 1. The SMILES string of the molecule is CCOC(=O)c1c(CCc2ccc(F)cc2)cc2c(c1OS(=O)(=O)C(F)(F)F)C(=O)N1CCC[C@@H]21. The van der Waals surface area contributed by atoms with Crippen LogP contribution in [0, 0.1) is 5.82 Å². The number of fused-ring (bicyclic) bond motifs is 3. The van der Waals surface area contributed by atoms with E-state index in [4.69, 9.17) is 4.74 Å². The fraction of sp³-hybridized carbons (Fsp3) is 0.391. The van der Waals surface area contributed by atoms with Crippen molar-refractivity contribution in [3.8, 4) is 5.75 Å². The number of benzene rings is 2. The van der Waals surface area contributed by atoms with Gasteiger partial charge in [0.25, 0.3) is 5.91 Å². The normalized spacial score (nSPS) is 17.3. The summed E-state index contributed by atoms with van der Waals surface area (Å²) in [6, 6.07) is 6.58. The summed E-state index contributed by atoms with van der Waals surface area (Å²) in [5.41, 5.74) is -5.56. The van der Waals surface area contributed by atoms with E-state index in [1.165, 1.54) is 42.2 Å². The van der Waals surface area contributed by atoms with Crippen LogP contribution in [0.25, 0.3) is 0 Å². The van der Waals surface area contributed by atoms with E-state index in [1.54, 1.807) is 0 Å². The van der Waals surface area contributed by atoms with Crippen LogP contribution in [0.2, 0.25) is 0 Å². The van der Waals surface area contributed by atoms with Crippen LogP contribution < -0.4 is 4.18 Å². The van der Waals surface area contributed by atoms with E-state index in [0.717, 1.165) is 0 Å². The van der Waals surface area contributed by atoms with E-state index in [-0.39, 0.29) is 30.6 Å². The van der Waals surface area contributed by atoms with Gasteiger partial charge < -0.3 is 13.8 Å². The lowest BCUT2D eigenvalue weighted by molar-refractivity contribution is -0.0500. The molecule has 35 heavy (non-hydrogen) atoms. The first-order valence-electron chi connectivity index (χ1n) is 10.9. The van der Waals surface area contributed by atoms with Crippen molar-refractivity contribution < 1.29 is 44.5 Å². The number of rotatable bonds is 7. The predicted octanol–water partition coefficient (Wildman–Crippen LogP) is 4.31. The number of esters is 1. The largest absolute Gasteiger partial charge is 0.534 e. The van der Waals surface area contributed by atoms with E-state index in [0.29, 0.717) is 30.5 Å². The molecule has 2 heterocycles. The Labute approximate surface area is 198 Å². The number of nitrogens with zero attached hydrogens (tertiary/aromatic N) is 1.